The molecule has 8 heteroatoms. The number of fused-ring (bicyclic) bond motifs is 1. The van der Waals surface area contributed by atoms with Crippen molar-refractivity contribution in [3.05, 3.63) is 84.7 Å². The third kappa shape index (κ3) is 5.75. The van der Waals surface area contributed by atoms with E-state index in [2.05, 4.69) is 4.90 Å². The number of amides is 1. The van der Waals surface area contributed by atoms with Gasteiger partial charge in [0.15, 0.2) is 5.82 Å². The van der Waals surface area contributed by atoms with Crippen molar-refractivity contribution in [1.29, 1.82) is 0 Å². The molecule has 0 atom stereocenters. The van der Waals surface area contributed by atoms with Gasteiger partial charge in [0.05, 0.1) is 17.8 Å². The van der Waals surface area contributed by atoms with Crippen LogP contribution in [0.25, 0.3) is 22.3 Å². The SMILES string of the molecule is COCCN(CCC(=O)N1CCN(c2ccccc2F)CC1)c1nc(-c2ccccc2)nc2ccccc12. The minimum absolute atomic E-state index is 0.0854. The Kier molecular flexibility index (Phi) is 8.09. The van der Waals surface area contributed by atoms with Crippen molar-refractivity contribution in [3.63, 3.8) is 0 Å². The highest BCUT2D eigenvalue weighted by Gasteiger charge is 2.24. The van der Waals surface area contributed by atoms with Crippen LogP contribution in [0.15, 0.2) is 78.9 Å². The van der Waals surface area contributed by atoms with Gasteiger partial charge in [0.2, 0.25) is 5.91 Å². The van der Waals surface area contributed by atoms with E-state index in [1.54, 1.807) is 19.2 Å². The third-order valence-corrected chi connectivity index (χ3v) is 6.90. The molecule has 196 valence electrons. The molecule has 3 aromatic carbocycles. The molecule has 0 bridgehead atoms. The quantitative estimate of drug-likeness (QED) is 0.325. The Bertz CT molecular complexity index is 1380. The average Bonchev–Trinajstić information content (AvgIpc) is 2.97. The lowest BCUT2D eigenvalue weighted by atomic mass is 10.1. The molecule has 0 spiro atoms. The normalized spacial score (nSPS) is 13.6. The van der Waals surface area contributed by atoms with Gasteiger partial charge in [-0.05, 0) is 24.3 Å². The largest absolute Gasteiger partial charge is 0.383 e. The Morgan fingerprint density at radius 3 is 2.37 bits per heavy atom. The second kappa shape index (κ2) is 12.0. The Labute approximate surface area is 222 Å². The highest BCUT2D eigenvalue weighted by Crippen LogP contribution is 2.28. The Hall–Kier alpha value is -4.04. The summed E-state index contributed by atoms with van der Waals surface area (Å²) in [6.45, 7) is 3.97. The topological polar surface area (TPSA) is 61.8 Å². The molecule has 1 aliphatic rings. The fourth-order valence-corrected chi connectivity index (χ4v) is 4.84. The van der Waals surface area contributed by atoms with Crippen molar-refractivity contribution in [2.24, 2.45) is 0 Å². The molecule has 1 amide bonds. The van der Waals surface area contributed by atoms with Gasteiger partial charge in [0.25, 0.3) is 0 Å². The molecule has 2 heterocycles. The summed E-state index contributed by atoms with van der Waals surface area (Å²) in [7, 11) is 1.67. The monoisotopic (exact) mass is 513 g/mol. The summed E-state index contributed by atoms with van der Waals surface area (Å²) in [4.78, 5) is 29.0. The van der Waals surface area contributed by atoms with E-state index in [0.717, 1.165) is 22.3 Å². The predicted octanol–water partition coefficient (Wildman–Crippen LogP) is 4.63. The molecule has 1 aromatic heterocycles. The lowest BCUT2D eigenvalue weighted by Crippen LogP contribution is -2.49. The number of carbonyl (C=O) groups excluding carboxylic acids is 1. The molecule has 0 aliphatic carbocycles. The first-order valence-corrected chi connectivity index (χ1v) is 13.0. The van der Waals surface area contributed by atoms with Crippen molar-refractivity contribution < 1.29 is 13.9 Å². The molecule has 0 N–H and O–H groups in total. The average molecular weight is 514 g/mol. The van der Waals surface area contributed by atoms with E-state index in [0.29, 0.717) is 63.8 Å². The Balaban J connectivity index is 1.32. The standard InChI is InChI=1S/C30H32FN5O2/c1-38-22-21-36(16-15-28(37)35-19-17-34(18-20-35)27-14-8-6-12-25(27)31)30-24-11-5-7-13-26(24)32-29(33-30)23-9-3-2-4-10-23/h2-14H,15-22H2,1H3. The summed E-state index contributed by atoms with van der Waals surface area (Å²) in [5.74, 6) is 1.30. The molecular weight excluding hydrogens is 481 g/mol. The van der Waals surface area contributed by atoms with Crippen LogP contribution in [0, 0.1) is 5.82 Å². The number of rotatable bonds is 9. The summed E-state index contributed by atoms with van der Waals surface area (Å²) in [6.07, 6.45) is 0.350. The van der Waals surface area contributed by atoms with Crippen molar-refractivity contribution in [3.8, 4) is 11.4 Å². The maximum absolute atomic E-state index is 14.2. The second-order valence-electron chi connectivity index (χ2n) is 9.30. The molecule has 7 nitrogen and oxygen atoms in total. The van der Waals surface area contributed by atoms with Crippen LogP contribution in [0.2, 0.25) is 0 Å². The van der Waals surface area contributed by atoms with Crippen LogP contribution in [0.1, 0.15) is 6.42 Å². The van der Waals surface area contributed by atoms with E-state index in [4.69, 9.17) is 14.7 Å². The summed E-state index contributed by atoms with van der Waals surface area (Å²) in [5, 5.41) is 0.939. The lowest BCUT2D eigenvalue weighted by Gasteiger charge is -2.36. The van der Waals surface area contributed by atoms with Crippen molar-refractivity contribution in [1.82, 2.24) is 14.9 Å². The van der Waals surface area contributed by atoms with Gasteiger partial charge in [-0.3, -0.25) is 4.79 Å². The van der Waals surface area contributed by atoms with Gasteiger partial charge in [-0.25, -0.2) is 14.4 Å². The van der Waals surface area contributed by atoms with Crippen LogP contribution in [-0.4, -0.2) is 73.8 Å². The van der Waals surface area contributed by atoms with Crippen molar-refractivity contribution in [2.45, 2.75) is 6.42 Å². The molecular formula is C30H32FN5O2. The lowest BCUT2D eigenvalue weighted by molar-refractivity contribution is -0.131. The second-order valence-corrected chi connectivity index (χ2v) is 9.30. The first-order valence-electron chi connectivity index (χ1n) is 13.0. The number of ether oxygens (including phenoxy) is 1. The van der Waals surface area contributed by atoms with Crippen molar-refractivity contribution in [2.75, 3.05) is 62.8 Å². The number of hydrogen-bond acceptors (Lipinski definition) is 6. The van der Waals surface area contributed by atoms with Crippen LogP contribution < -0.4 is 9.80 Å². The fourth-order valence-electron chi connectivity index (χ4n) is 4.84. The number of para-hydroxylation sites is 2. The molecule has 1 saturated heterocycles. The molecule has 1 fully saturated rings. The summed E-state index contributed by atoms with van der Waals surface area (Å²) in [6, 6.07) is 24.7. The van der Waals surface area contributed by atoms with E-state index in [-0.39, 0.29) is 11.7 Å². The maximum Gasteiger partial charge on any atom is 0.224 e. The highest BCUT2D eigenvalue weighted by molar-refractivity contribution is 5.91. The molecule has 0 unspecified atom stereocenters. The van der Waals surface area contributed by atoms with Crippen LogP contribution in [0.3, 0.4) is 0 Å². The molecule has 0 saturated carbocycles. The third-order valence-electron chi connectivity index (χ3n) is 6.90. The van der Waals surface area contributed by atoms with E-state index in [9.17, 15) is 9.18 Å². The first-order chi connectivity index (χ1) is 18.6. The van der Waals surface area contributed by atoms with Gasteiger partial charge in [-0.15, -0.1) is 0 Å². The van der Waals surface area contributed by atoms with Gasteiger partial charge >= 0.3 is 0 Å². The zero-order valence-corrected chi connectivity index (χ0v) is 21.6. The van der Waals surface area contributed by atoms with Crippen LogP contribution in [-0.2, 0) is 9.53 Å². The molecule has 38 heavy (non-hydrogen) atoms. The first kappa shape index (κ1) is 25.6. The number of hydrogen-bond donors (Lipinski definition) is 0. The molecule has 0 radical (unpaired) electrons. The fraction of sp³-hybridized carbons (Fsp3) is 0.300. The van der Waals surface area contributed by atoms with Gasteiger partial charge in [-0.2, -0.15) is 0 Å². The highest BCUT2D eigenvalue weighted by atomic mass is 19.1. The van der Waals surface area contributed by atoms with E-state index >= 15 is 0 Å². The zero-order chi connectivity index (χ0) is 26.3. The van der Waals surface area contributed by atoms with E-state index < -0.39 is 0 Å². The number of anilines is 2. The smallest absolute Gasteiger partial charge is 0.224 e. The van der Waals surface area contributed by atoms with Gasteiger partial charge in [0.1, 0.15) is 11.6 Å². The molecule has 1 aliphatic heterocycles. The maximum atomic E-state index is 14.2. The number of halogens is 1. The zero-order valence-electron chi connectivity index (χ0n) is 21.6. The van der Waals surface area contributed by atoms with Crippen LogP contribution in [0.4, 0.5) is 15.9 Å². The van der Waals surface area contributed by atoms with Gasteiger partial charge in [-0.1, -0.05) is 54.6 Å². The number of piperazine rings is 1. The van der Waals surface area contributed by atoms with Crippen LogP contribution >= 0.6 is 0 Å². The van der Waals surface area contributed by atoms with E-state index in [1.165, 1.54) is 6.07 Å². The number of nitrogens with zero attached hydrogens (tertiary/aromatic N) is 5. The number of aromatic nitrogens is 2. The summed E-state index contributed by atoms with van der Waals surface area (Å²) in [5.41, 5.74) is 2.39. The summed E-state index contributed by atoms with van der Waals surface area (Å²) >= 11 is 0. The van der Waals surface area contributed by atoms with E-state index in [1.807, 2.05) is 70.5 Å². The number of methoxy groups -OCH3 is 1. The minimum atomic E-state index is -0.229. The van der Waals surface area contributed by atoms with Crippen molar-refractivity contribution >= 4 is 28.3 Å². The Morgan fingerprint density at radius 2 is 1.61 bits per heavy atom. The number of benzene rings is 3. The Morgan fingerprint density at radius 1 is 0.895 bits per heavy atom. The number of carbonyl (C=O) groups is 1. The van der Waals surface area contributed by atoms with Gasteiger partial charge < -0.3 is 19.4 Å². The predicted molar refractivity (Wildman–Crippen MR) is 149 cm³/mol. The van der Waals surface area contributed by atoms with Gasteiger partial charge in [0, 0.05) is 63.7 Å². The molecule has 4 aromatic rings. The summed E-state index contributed by atoms with van der Waals surface area (Å²) < 4.78 is 19.6. The minimum Gasteiger partial charge on any atom is -0.383 e. The molecule has 5 rings (SSSR count). The van der Waals surface area contributed by atoms with Crippen LogP contribution in [0.5, 0.6) is 0 Å².